The fraction of sp³-hybridized carbons (Fsp3) is 0.471. The summed E-state index contributed by atoms with van der Waals surface area (Å²) in [5, 5.41) is 16.2. The van der Waals surface area contributed by atoms with E-state index in [1.165, 1.54) is 18.2 Å². The van der Waals surface area contributed by atoms with E-state index in [0.717, 1.165) is 0 Å². The normalized spacial score (nSPS) is 20.9. The molecule has 1 aliphatic rings. The van der Waals surface area contributed by atoms with Gasteiger partial charge in [0.05, 0.1) is 4.92 Å². The van der Waals surface area contributed by atoms with Gasteiger partial charge in [-0.3, -0.25) is 19.7 Å². The number of hydrogen-bond donors (Lipinski definition) is 2. The molecule has 0 aromatic heterocycles. The molecule has 2 N–H and O–H groups in total. The highest BCUT2D eigenvalue weighted by Crippen LogP contribution is 2.53. The summed E-state index contributed by atoms with van der Waals surface area (Å²) in [6.45, 7) is 5.58. The second-order valence-electron chi connectivity index (χ2n) is 6.93. The van der Waals surface area contributed by atoms with Crippen molar-refractivity contribution < 1.29 is 14.5 Å². The largest absolute Gasteiger partial charge is 0.332 e. The standard InChI is InChI=1S/C17H21N3O4S/c1-10(21)14-7-11(17(14,2)3)8-15(22)19-16(25)18-12-5-4-6-13(9-12)20(23)24/h4-6,9,11,14H,7-8H2,1-3H3,(H2,18,19,22,25)/t11-,14+/m0/s1. The topological polar surface area (TPSA) is 101 Å². The Morgan fingerprint density at radius 3 is 2.64 bits per heavy atom. The number of nitro groups is 1. The van der Waals surface area contributed by atoms with Gasteiger partial charge in [-0.25, -0.2) is 0 Å². The van der Waals surface area contributed by atoms with Gasteiger partial charge in [-0.1, -0.05) is 19.9 Å². The Labute approximate surface area is 151 Å². The quantitative estimate of drug-likeness (QED) is 0.474. The predicted molar refractivity (Wildman–Crippen MR) is 98.1 cm³/mol. The molecule has 7 nitrogen and oxygen atoms in total. The van der Waals surface area contributed by atoms with Crippen LogP contribution in [0.3, 0.4) is 0 Å². The van der Waals surface area contributed by atoms with E-state index in [-0.39, 0.29) is 46.2 Å². The molecule has 0 radical (unpaired) electrons. The summed E-state index contributed by atoms with van der Waals surface area (Å²) in [7, 11) is 0. The summed E-state index contributed by atoms with van der Waals surface area (Å²) in [5.41, 5.74) is 0.170. The van der Waals surface area contributed by atoms with Crippen LogP contribution in [0.25, 0.3) is 0 Å². The molecule has 0 spiro atoms. The lowest BCUT2D eigenvalue weighted by atomic mass is 9.52. The Kier molecular flexibility index (Phi) is 5.52. The third kappa shape index (κ3) is 4.39. The SMILES string of the molecule is CC(=O)[C@H]1C[C@@H](CC(=O)NC(=S)Nc2cccc([N+](=O)[O-])c2)C1(C)C. The molecule has 0 bridgehead atoms. The fourth-order valence-electron chi connectivity index (χ4n) is 3.31. The lowest BCUT2D eigenvalue weighted by molar-refractivity contribution is -0.384. The van der Waals surface area contributed by atoms with Crippen molar-refractivity contribution in [3.8, 4) is 0 Å². The molecule has 2 rings (SSSR count). The molecule has 1 aromatic carbocycles. The van der Waals surface area contributed by atoms with E-state index >= 15 is 0 Å². The van der Waals surface area contributed by atoms with Crippen LogP contribution in [0.1, 0.15) is 33.6 Å². The number of carbonyl (C=O) groups excluding carboxylic acids is 2. The van der Waals surface area contributed by atoms with E-state index in [1.54, 1.807) is 13.0 Å². The molecule has 1 amide bonds. The first-order valence-electron chi connectivity index (χ1n) is 7.97. The Hall–Kier alpha value is -2.35. The number of anilines is 1. The lowest BCUT2D eigenvalue weighted by Crippen LogP contribution is -2.50. The van der Waals surface area contributed by atoms with Gasteiger partial charge in [0, 0.05) is 30.2 Å². The van der Waals surface area contributed by atoms with Crippen LogP contribution in [-0.4, -0.2) is 21.7 Å². The average Bonchev–Trinajstić information content (AvgIpc) is 2.50. The summed E-state index contributed by atoms with van der Waals surface area (Å²) in [5.74, 6) is 0.0507. The van der Waals surface area contributed by atoms with Crippen molar-refractivity contribution in [2.75, 3.05) is 5.32 Å². The third-order valence-corrected chi connectivity index (χ3v) is 5.16. The van der Waals surface area contributed by atoms with Crippen molar-refractivity contribution in [2.45, 2.75) is 33.6 Å². The van der Waals surface area contributed by atoms with Gasteiger partial charge >= 0.3 is 0 Å². The smallest absolute Gasteiger partial charge is 0.271 e. The van der Waals surface area contributed by atoms with E-state index < -0.39 is 4.92 Å². The molecule has 0 unspecified atom stereocenters. The van der Waals surface area contributed by atoms with E-state index in [9.17, 15) is 19.7 Å². The number of carbonyl (C=O) groups is 2. The summed E-state index contributed by atoms with van der Waals surface area (Å²) in [6.07, 6.45) is 0.994. The van der Waals surface area contributed by atoms with Gasteiger partial charge in [-0.05, 0) is 43.0 Å². The van der Waals surface area contributed by atoms with E-state index in [0.29, 0.717) is 12.1 Å². The molecule has 0 saturated heterocycles. The molecule has 8 heteroatoms. The highest BCUT2D eigenvalue weighted by atomic mass is 32.1. The number of rotatable bonds is 5. The molecule has 1 saturated carbocycles. The van der Waals surface area contributed by atoms with Crippen LogP contribution >= 0.6 is 12.2 Å². The van der Waals surface area contributed by atoms with Crippen LogP contribution < -0.4 is 10.6 Å². The van der Waals surface area contributed by atoms with Gasteiger partial charge in [0.1, 0.15) is 5.78 Å². The number of non-ortho nitro benzene ring substituents is 1. The summed E-state index contributed by atoms with van der Waals surface area (Å²) in [4.78, 5) is 34.0. The van der Waals surface area contributed by atoms with Crippen LogP contribution in [0, 0.1) is 27.4 Å². The second-order valence-corrected chi connectivity index (χ2v) is 7.34. The molecule has 0 heterocycles. The Morgan fingerprint density at radius 2 is 2.08 bits per heavy atom. The second kappa shape index (κ2) is 7.26. The zero-order valence-electron chi connectivity index (χ0n) is 14.4. The highest BCUT2D eigenvalue weighted by Gasteiger charge is 2.50. The van der Waals surface area contributed by atoms with Crippen molar-refractivity contribution >= 4 is 40.4 Å². The van der Waals surface area contributed by atoms with Gasteiger partial charge in [0.25, 0.3) is 5.69 Å². The molecule has 0 aliphatic heterocycles. The molecule has 25 heavy (non-hydrogen) atoms. The molecular formula is C17H21N3O4S. The number of ketones is 1. The Bertz CT molecular complexity index is 732. The van der Waals surface area contributed by atoms with Crippen molar-refractivity contribution in [3.05, 3.63) is 34.4 Å². The van der Waals surface area contributed by atoms with Gasteiger partial charge in [-0.15, -0.1) is 0 Å². The van der Waals surface area contributed by atoms with Crippen LogP contribution in [0.2, 0.25) is 0 Å². The van der Waals surface area contributed by atoms with Crippen molar-refractivity contribution in [3.63, 3.8) is 0 Å². The van der Waals surface area contributed by atoms with Crippen molar-refractivity contribution in [1.82, 2.24) is 5.32 Å². The minimum absolute atomic E-state index is 0.000226. The highest BCUT2D eigenvalue weighted by molar-refractivity contribution is 7.80. The lowest BCUT2D eigenvalue weighted by Gasteiger charge is -2.51. The van der Waals surface area contributed by atoms with Gasteiger partial charge in [0.2, 0.25) is 5.91 Å². The van der Waals surface area contributed by atoms with E-state index in [2.05, 4.69) is 10.6 Å². The number of nitrogens with zero attached hydrogens (tertiary/aromatic N) is 1. The minimum Gasteiger partial charge on any atom is -0.332 e. The number of thiocarbonyl (C=S) groups is 1. The first-order valence-corrected chi connectivity index (χ1v) is 8.38. The van der Waals surface area contributed by atoms with E-state index in [4.69, 9.17) is 12.2 Å². The fourth-order valence-corrected chi connectivity index (χ4v) is 3.54. The van der Waals surface area contributed by atoms with Crippen molar-refractivity contribution in [1.29, 1.82) is 0 Å². The average molecular weight is 363 g/mol. The van der Waals surface area contributed by atoms with Crippen LogP contribution in [-0.2, 0) is 9.59 Å². The van der Waals surface area contributed by atoms with Crippen LogP contribution in [0.15, 0.2) is 24.3 Å². The first kappa shape index (κ1) is 19.0. The molecule has 1 fully saturated rings. The van der Waals surface area contributed by atoms with Gasteiger partial charge in [-0.2, -0.15) is 0 Å². The monoisotopic (exact) mass is 363 g/mol. The number of Topliss-reactive ketones (excluding diaryl/α,β-unsaturated/α-hetero) is 1. The maximum Gasteiger partial charge on any atom is 0.271 e. The van der Waals surface area contributed by atoms with Crippen LogP contribution in [0.5, 0.6) is 0 Å². The Morgan fingerprint density at radius 1 is 1.40 bits per heavy atom. The molecule has 134 valence electrons. The summed E-state index contributed by atoms with van der Waals surface area (Å²) < 4.78 is 0. The minimum atomic E-state index is -0.503. The zero-order chi connectivity index (χ0) is 18.8. The van der Waals surface area contributed by atoms with Crippen LogP contribution in [0.4, 0.5) is 11.4 Å². The number of nitrogens with one attached hydrogen (secondary N) is 2. The summed E-state index contributed by atoms with van der Waals surface area (Å²) >= 11 is 5.08. The number of benzene rings is 1. The van der Waals surface area contributed by atoms with Gasteiger partial charge < -0.3 is 10.6 Å². The maximum absolute atomic E-state index is 12.2. The van der Waals surface area contributed by atoms with E-state index in [1.807, 2.05) is 13.8 Å². The number of hydrogen-bond acceptors (Lipinski definition) is 5. The molecular weight excluding hydrogens is 342 g/mol. The number of amides is 1. The van der Waals surface area contributed by atoms with Gasteiger partial charge in [0.15, 0.2) is 5.11 Å². The van der Waals surface area contributed by atoms with Crippen molar-refractivity contribution in [2.24, 2.45) is 17.3 Å². The Balaban J connectivity index is 1.87. The molecule has 1 aliphatic carbocycles. The maximum atomic E-state index is 12.2. The molecule has 1 aromatic rings. The zero-order valence-corrected chi connectivity index (χ0v) is 15.2. The third-order valence-electron chi connectivity index (χ3n) is 4.96. The predicted octanol–water partition coefficient (Wildman–Crippen LogP) is 3.05. The summed E-state index contributed by atoms with van der Waals surface area (Å²) in [6, 6.07) is 5.86. The first-order chi connectivity index (χ1) is 11.6. The number of nitro benzene ring substituents is 1. The molecule has 2 atom stereocenters.